The summed E-state index contributed by atoms with van der Waals surface area (Å²) in [6.45, 7) is 4.82. The maximum absolute atomic E-state index is 12.7. The first-order valence-electron chi connectivity index (χ1n) is 6.83. The number of nitrogen functional groups attached to an aromatic ring is 1. The molecule has 1 aromatic carbocycles. The van der Waals surface area contributed by atoms with Crippen molar-refractivity contribution in [1.82, 2.24) is 0 Å². The Morgan fingerprint density at radius 1 is 1.30 bits per heavy atom. The quantitative estimate of drug-likeness (QED) is 0.871. The van der Waals surface area contributed by atoms with Crippen molar-refractivity contribution in [2.24, 2.45) is 0 Å². The second kappa shape index (κ2) is 4.94. The molecule has 0 unspecified atom stereocenters. The summed E-state index contributed by atoms with van der Waals surface area (Å²) in [5, 5.41) is 0. The SMILES string of the molecule is Cc1ccc2c(c1)CCCN2C(=O)c1cc(N)c(C)s1. The number of thiophene rings is 1. The van der Waals surface area contributed by atoms with Crippen molar-refractivity contribution in [1.29, 1.82) is 0 Å². The van der Waals surface area contributed by atoms with Crippen molar-refractivity contribution in [2.45, 2.75) is 26.7 Å². The van der Waals surface area contributed by atoms with Gasteiger partial charge in [-0.15, -0.1) is 11.3 Å². The topological polar surface area (TPSA) is 46.3 Å². The number of hydrogen-bond donors (Lipinski definition) is 1. The number of anilines is 2. The third-order valence-electron chi connectivity index (χ3n) is 3.77. The van der Waals surface area contributed by atoms with E-state index in [1.807, 2.05) is 11.8 Å². The molecule has 2 N–H and O–H groups in total. The Bertz CT molecular complexity index is 656. The summed E-state index contributed by atoms with van der Waals surface area (Å²) < 4.78 is 0. The van der Waals surface area contributed by atoms with Gasteiger partial charge in [0.25, 0.3) is 5.91 Å². The lowest BCUT2D eigenvalue weighted by Crippen LogP contribution is -2.35. The highest BCUT2D eigenvalue weighted by Crippen LogP contribution is 2.31. The number of nitrogens with two attached hydrogens (primary N) is 1. The number of carbonyl (C=O) groups excluding carboxylic acids is 1. The van der Waals surface area contributed by atoms with Gasteiger partial charge in [-0.1, -0.05) is 17.7 Å². The fourth-order valence-electron chi connectivity index (χ4n) is 2.67. The van der Waals surface area contributed by atoms with E-state index in [4.69, 9.17) is 5.73 Å². The Kier molecular flexibility index (Phi) is 3.26. The van der Waals surface area contributed by atoms with Crippen LogP contribution in [0.3, 0.4) is 0 Å². The average molecular weight is 286 g/mol. The molecule has 0 atom stereocenters. The number of carbonyl (C=O) groups is 1. The molecular weight excluding hydrogens is 268 g/mol. The van der Waals surface area contributed by atoms with E-state index >= 15 is 0 Å². The number of nitrogens with zero attached hydrogens (tertiary/aromatic N) is 1. The van der Waals surface area contributed by atoms with Crippen molar-refractivity contribution < 1.29 is 4.79 Å². The van der Waals surface area contributed by atoms with E-state index in [1.165, 1.54) is 22.5 Å². The van der Waals surface area contributed by atoms with Crippen LogP contribution in [0.15, 0.2) is 24.3 Å². The molecule has 104 valence electrons. The highest BCUT2D eigenvalue weighted by Gasteiger charge is 2.25. The van der Waals surface area contributed by atoms with E-state index in [0.29, 0.717) is 5.69 Å². The minimum Gasteiger partial charge on any atom is -0.398 e. The van der Waals surface area contributed by atoms with Crippen LogP contribution in [-0.4, -0.2) is 12.5 Å². The Balaban J connectivity index is 1.98. The van der Waals surface area contributed by atoms with Gasteiger partial charge >= 0.3 is 0 Å². The molecule has 3 nitrogen and oxygen atoms in total. The Morgan fingerprint density at radius 3 is 2.80 bits per heavy atom. The van der Waals surface area contributed by atoms with Gasteiger partial charge in [0.15, 0.2) is 0 Å². The van der Waals surface area contributed by atoms with Gasteiger partial charge in [0, 0.05) is 22.8 Å². The van der Waals surface area contributed by atoms with Crippen molar-refractivity contribution in [3.8, 4) is 0 Å². The highest BCUT2D eigenvalue weighted by atomic mass is 32.1. The molecule has 0 spiro atoms. The summed E-state index contributed by atoms with van der Waals surface area (Å²) in [4.78, 5) is 16.3. The summed E-state index contributed by atoms with van der Waals surface area (Å²) in [5.41, 5.74) is 10.1. The standard InChI is InChI=1S/C16H18N2OS/c1-10-5-6-14-12(8-10)4-3-7-18(14)16(19)15-9-13(17)11(2)20-15/h5-6,8-9H,3-4,7,17H2,1-2H3. The predicted molar refractivity (Wildman–Crippen MR) is 84.6 cm³/mol. The van der Waals surface area contributed by atoms with E-state index in [1.54, 1.807) is 6.07 Å². The van der Waals surface area contributed by atoms with Gasteiger partial charge < -0.3 is 10.6 Å². The molecule has 1 amide bonds. The number of hydrogen-bond acceptors (Lipinski definition) is 3. The lowest BCUT2D eigenvalue weighted by molar-refractivity contribution is 0.0989. The number of benzene rings is 1. The molecule has 0 aliphatic carbocycles. The number of amides is 1. The minimum absolute atomic E-state index is 0.0691. The van der Waals surface area contributed by atoms with Crippen molar-refractivity contribution in [2.75, 3.05) is 17.2 Å². The molecule has 1 aromatic heterocycles. The second-order valence-electron chi connectivity index (χ2n) is 5.31. The number of rotatable bonds is 1. The summed E-state index contributed by atoms with van der Waals surface area (Å²) in [6, 6.07) is 8.11. The zero-order chi connectivity index (χ0) is 14.3. The van der Waals surface area contributed by atoms with Crippen LogP contribution < -0.4 is 10.6 Å². The summed E-state index contributed by atoms with van der Waals surface area (Å²) in [6.07, 6.45) is 2.06. The van der Waals surface area contributed by atoms with Gasteiger partial charge in [0.1, 0.15) is 0 Å². The fourth-order valence-corrected chi connectivity index (χ4v) is 3.56. The van der Waals surface area contributed by atoms with Crippen LogP contribution in [0.25, 0.3) is 0 Å². The molecule has 0 fully saturated rings. The molecule has 2 aromatic rings. The zero-order valence-electron chi connectivity index (χ0n) is 11.8. The molecule has 0 saturated heterocycles. The summed E-state index contributed by atoms with van der Waals surface area (Å²) in [5.74, 6) is 0.0691. The number of aryl methyl sites for hydroxylation is 3. The number of fused-ring (bicyclic) bond motifs is 1. The van der Waals surface area contributed by atoms with Crippen LogP contribution >= 0.6 is 11.3 Å². The van der Waals surface area contributed by atoms with Gasteiger partial charge in [-0.05, 0) is 44.4 Å². The van der Waals surface area contributed by atoms with Crippen LogP contribution in [0.1, 0.15) is 32.1 Å². The lowest BCUT2D eigenvalue weighted by atomic mass is 9.99. The van der Waals surface area contributed by atoms with Crippen molar-refractivity contribution >= 4 is 28.6 Å². The molecule has 0 bridgehead atoms. The minimum atomic E-state index is 0.0691. The van der Waals surface area contributed by atoms with E-state index in [-0.39, 0.29) is 5.91 Å². The van der Waals surface area contributed by atoms with Crippen LogP contribution in [0, 0.1) is 13.8 Å². The van der Waals surface area contributed by atoms with Gasteiger partial charge in [-0.3, -0.25) is 4.79 Å². The largest absolute Gasteiger partial charge is 0.398 e. The maximum atomic E-state index is 12.7. The molecule has 0 saturated carbocycles. The first-order valence-corrected chi connectivity index (χ1v) is 7.65. The van der Waals surface area contributed by atoms with Gasteiger partial charge in [-0.25, -0.2) is 0 Å². The van der Waals surface area contributed by atoms with E-state index < -0.39 is 0 Å². The Labute approximate surface area is 123 Å². The maximum Gasteiger partial charge on any atom is 0.268 e. The zero-order valence-corrected chi connectivity index (χ0v) is 12.6. The Hall–Kier alpha value is -1.81. The van der Waals surface area contributed by atoms with Crippen LogP contribution in [0.4, 0.5) is 11.4 Å². The monoisotopic (exact) mass is 286 g/mol. The van der Waals surface area contributed by atoms with E-state index in [0.717, 1.165) is 34.8 Å². The molecule has 2 heterocycles. The van der Waals surface area contributed by atoms with Crippen LogP contribution in [0.5, 0.6) is 0 Å². The summed E-state index contributed by atoms with van der Waals surface area (Å²) in [7, 11) is 0. The van der Waals surface area contributed by atoms with Gasteiger partial charge in [0.05, 0.1) is 4.88 Å². The molecule has 1 aliphatic rings. The normalized spacial score (nSPS) is 14.2. The second-order valence-corrected chi connectivity index (χ2v) is 6.57. The molecule has 4 heteroatoms. The molecule has 20 heavy (non-hydrogen) atoms. The van der Waals surface area contributed by atoms with Gasteiger partial charge in [0.2, 0.25) is 0 Å². The Morgan fingerprint density at radius 2 is 2.10 bits per heavy atom. The third kappa shape index (κ3) is 2.20. The van der Waals surface area contributed by atoms with Crippen molar-refractivity contribution in [3.05, 3.63) is 45.1 Å². The fraction of sp³-hybridized carbons (Fsp3) is 0.312. The summed E-state index contributed by atoms with van der Waals surface area (Å²) >= 11 is 1.48. The average Bonchev–Trinajstić information content (AvgIpc) is 2.77. The smallest absolute Gasteiger partial charge is 0.268 e. The van der Waals surface area contributed by atoms with E-state index in [2.05, 4.69) is 25.1 Å². The molecule has 1 aliphatic heterocycles. The first-order chi connectivity index (χ1) is 9.56. The third-order valence-corrected chi connectivity index (χ3v) is 4.82. The molecule has 0 radical (unpaired) electrons. The van der Waals surface area contributed by atoms with E-state index in [9.17, 15) is 4.79 Å². The first kappa shape index (κ1) is 13.2. The van der Waals surface area contributed by atoms with Crippen molar-refractivity contribution in [3.63, 3.8) is 0 Å². The predicted octanol–water partition coefficient (Wildman–Crippen LogP) is 3.54. The van der Waals surface area contributed by atoms with Crippen LogP contribution in [-0.2, 0) is 6.42 Å². The van der Waals surface area contributed by atoms with Gasteiger partial charge in [-0.2, -0.15) is 0 Å². The molecule has 3 rings (SSSR count). The lowest BCUT2D eigenvalue weighted by Gasteiger charge is -2.29. The highest BCUT2D eigenvalue weighted by molar-refractivity contribution is 7.14. The van der Waals surface area contributed by atoms with Crippen LogP contribution in [0.2, 0.25) is 0 Å². The molecular formula is C16H18N2OS.